The fourth-order valence-corrected chi connectivity index (χ4v) is 2.75. The number of hydrogen-bond acceptors (Lipinski definition) is 3. The first-order valence-electron chi connectivity index (χ1n) is 6.98. The number of hydrogen-bond donors (Lipinski definition) is 0. The van der Waals surface area contributed by atoms with Gasteiger partial charge in [-0.3, -0.25) is 0 Å². The van der Waals surface area contributed by atoms with Crippen LogP contribution in [0, 0.1) is 5.92 Å². The van der Waals surface area contributed by atoms with E-state index in [-0.39, 0.29) is 0 Å². The Morgan fingerprint density at radius 1 is 1.11 bits per heavy atom. The van der Waals surface area contributed by atoms with Crippen molar-refractivity contribution in [2.24, 2.45) is 5.92 Å². The van der Waals surface area contributed by atoms with Crippen LogP contribution in [0.25, 0.3) is 0 Å². The molecule has 0 N–H and O–H groups in total. The molecule has 18 heavy (non-hydrogen) atoms. The lowest BCUT2D eigenvalue weighted by atomic mass is 9.90. The van der Waals surface area contributed by atoms with E-state index < -0.39 is 0 Å². The Kier molecular flexibility index (Phi) is 3.69. The van der Waals surface area contributed by atoms with Gasteiger partial charge in [-0.15, -0.1) is 0 Å². The highest BCUT2D eigenvalue weighted by atomic mass is 35.5. The number of nitrogens with zero attached hydrogens (tertiary/aromatic N) is 2. The third-order valence-corrected chi connectivity index (χ3v) is 4.02. The van der Waals surface area contributed by atoms with Crippen molar-refractivity contribution in [1.82, 2.24) is 9.97 Å². The Balaban J connectivity index is 1.60. The third-order valence-electron chi connectivity index (χ3n) is 3.82. The SMILES string of the molecule is Clc1cc(OCC2CCCCC2)nc(C2CC2)n1. The summed E-state index contributed by atoms with van der Waals surface area (Å²) in [6, 6.07) is 1.73. The molecule has 0 aliphatic heterocycles. The number of halogens is 1. The summed E-state index contributed by atoms with van der Waals surface area (Å²) in [4.78, 5) is 8.73. The van der Waals surface area contributed by atoms with Gasteiger partial charge in [-0.25, -0.2) is 4.98 Å². The molecule has 1 aromatic heterocycles. The Bertz CT molecular complexity index is 414. The molecule has 0 spiro atoms. The lowest BCUT2D eigenvalue weighted by Crippen LogP contribution is -2.16. The van der Waals surface area contributed by atoms with Crippen LogP contribution in [0.4, 0.5) is 0 Å². The van der Waals surface area contributed by atoms with E-state index in [4.69, 9.17) is 16.3 Å². The molecule has 2 aliphatic carbocycles. The monoisotopic (exact) mass is 266 g/mol. The summed E-state index contributed by atoms with van der Waals surface area (Å²) in [5.74, 6) is 2.72. The van der Waals surface area contributed by atoms with Gasteiger partial charge in [-0.05, 0) is 31.6 Å². The van der Waals surface area contributed by atoms with Gasteiger partial charge in [0.2, 0.25) is 5.88 Å². The van der Waals surface area contributed by atoms with Crippen LogP contribution in [0.3, 0.4) is 0 Å². The molecule has 2 fully saturated rings. The van der Waals surface area contributed by atoms with E-state index in [1.807, 2.05) is 0 Å². The number of ether oxygens (including phenoxy) is 1. The minimum atomic E-state index is 0.505. The third kappa shape index (κ3) is 3.14. The highest BCUT2D eigenvalue weighted by molar-refractivity contribution is 6.29. The van der Waals surface area contributed by atoms with E-state index >= 15 is 0 Å². The molecule has 0 unspecified atom stereocenters. The van der Waals surface area contributed by atoms with E-state index in [9.17, 15) is 0 Å². The van der Waals surface area contributed by atoms with Crippen LogP contribution in [-0.2, 0) is 0 Å². The molecule has 1 aromatic rings. The van der Waals surface area contributed by atoms with Crippen molar-refractivity contribution in [2.75, 3.05) is 6.61 Å². The van der Waals surface area contributed by atoms with E-state index in [1.165, 1.54) is 44.9 Å². The van der Waals surface area contributed by atoms with E-state index in [0.717, 1.165) is 12.4 Å². The average Bonchev–Trinajstić information content (AvgIpc) is 3.21. The van der Waals surface area contributed by atoms with Crippen molar-refractivity contribution in [3.63, 3.8) is 0 Å². The molecule has 0 radical (unpaired) electrons. The Morgan fingerprint density at radius 2 is 1.89 bits per heavy atom. The van der Waals surface area contributed by atoms with Crippen LogP contribution in [-0.4, -0.2) is 16.6 Å². The summed E-state index contributed by atoms with van der Waals surface area (Å²) in [6.07, 6.45) is 8.99. The van der Waals surface area contributed by atoms with E-state index in [1.54, 1.807) is 6.07 Å². The zero-order valence-corrected chi connectivity index (χ0v) is 11.3. The number of rotatable bonds is 4. The molecule has 3 rings (SSSR count). The predicted octanol–water partition coefficient (Wildman–Crippen LogP) is 3.97. The van der Waals surface area contributed by atoms with Crippen molar-refractivity contribution in [2.45, 2.75) is 50.9 Å². The molecule has 0 aromatic carbocycles. The van der Waals surface area contributed by atoms with Gasteiger partial charge in [-0.2, -0.15) is 4.98 Å². The molecule has 1 heterocycles. The van der Waals surface area contributed by atoms with Crippen molar-refractivity contribution in [3.05, 3.63) is 17.0 Å². The van der Waals surface area contributed by atoms with E-state index in [2.05, 4.69) is 9.97 Å². The molecule has 0 saturated heterocycles. The fourth-order valence-electron chi connectivity index (χ4n) is 2.57. The van der Waals surface area contributed by atoms with Gasteiger partial charge in [0, 0.05) is 12.0 Å². The van der Waals surface area contributed by atoms with Crippen molar-refractivity contribution in [3.8, 4) is 5.88 Å². The Hall–Kier alpha value is -0.830. The second-order valence-electron chi connectivity index (χ2n) is 5.48. The molecule has 98 valence electrons. The molecular formula is C14H19ClN2O. The van der Waals surface area contributed by atoms with Crippen LogP contribution < -0.4 is 4.74 Å². The molecule has 0 amide bonds. The minimum Gasteiger partial charge on any atom is -0.477 e. The van der Waals surface area contributed by atoms with Crippen molar-refractivity contribution >= 4 is 11.6 Å². The first kappa shape index (κ1) is 12.2. The first-order chi connectivity index (χ1) is 8.81. The summed E-state index contributed by atoms with van der Waals surface area (Å²) < 4.78 is 5.81. The normalized spacial score (nSPS) is 20.9. The van der Waals surface area contributed by atoms with E-state index in [0.29, 0.717) is 22.9 Å². The summed E-state index contributed by atoms with van der Waals surface area (Å²) >= 11 is 6.01. The van der Waals surface area contributed by atoms with Crippen molar-refractivity contribution in [1.29, 1.82) is 0 Å². The molecule has 2 saturated carbocycles. The van der Waals surface area contributed by atoms with Crippen LogP contribution in [0.15, 0.2) is 6.07 Å². The first-order valence-corrected chi connectivity index (χ1v) is 7.36. The second kappa shape index (κ2) is 5.43. The average molecular weight is 267 g/mol. The standard InChI is InChI=1S/C14H19ClN2O/c15-12-8-13(17-14(16-12)11-6-7-11)18-9-10-4-2-1-3-5-10/h8,10-11H,1-7,9H2. The van der Waals surface area contributed by atoms with Gasteiger partial charge in [0.15, 0.2) is 0 Å². The fraction of sp³-hybridized carbons (Fsp3) is 0.714. The molecule has 0 atom stereocenters. The molecule has 3 nitrogen and oxygen atoms in total. The maximum absolute atomic E-state index is 6.01. The Morgan fingerprint density at radius 3 is 2.61 bits per heavy atom. The van der Waals surface area contributed by atoms with Gasteiger partial charge < -0.3 is 4.74 Å². The van der Waals surface area contributed by atoms with Crippen LogP contribution >= 0.6 is 11.6 Å². The van der Waals surface area contributed by atoms with Gasteiger partial charge >= 0.3 is 0 Å². The lowest BCUT2D eigenvalue weighted by Gasteiger charge is -2.21. The van der Waals surface area contributed by atoms with Crippen LogP contribution in [0.2, 0.25) is 5.15 Å². The van der Waals surface area contributed by atoms with Gasteiger partial charge in [0.25, 0.3) is 0 Å². The summed E-state index contributed by atoms with van der Waals surface area (Å²) in [5.41, 5.74) is 0. The second-order valence-corrected chi connectivity index (χ2v) is 5.86. The maximum Gasteiger partial charge on any atom is 0.218 e. The highest BCUT2D eigenvalue weighted by Gasteiger charge is 2.27. The molecule has 0 bridgehead atoms. The molecular weight excluding hydrogens is 248 g/mol. The van der Waals surface area contributed by atoms with Crippen LogP contribution in [0.5, 0.6) is 5.88 Å². The molecule has 4 heteroatoms. The summed E-state index contributed by atoms with van der Waals surface area (Å²) in [5, 5.41) is 0.505. The number of aromatic nitrogens is 2. The zero-order valence-electron chi connectivity index (χ0n) is 10.6. The molecule has 2 aliphatic rings. The minimum absolute atomic E-state index is 0.505. The van der Waals surface area contributed by atoms with Crippen LogP contribution in [0.1, 0.15) is 56.7 Å². The lowest BCUT2D eigenvalue weighted by molar-refractivity contribution is 0.202. The predicted molar refractivity (Wildman–Crippen MR) is 71.1 cm³/mol. The maximum atomic E-state index is 6.01. The smallest absolute Gasteiger partial charge is 0.218 e. The van der Waals surface area contributed by atoms with Gasteiger partial charge in [0.1, 0.15) is 11.0 Å². The highest BCUT2D eigenvalue weighted by Crippen LogP contribution is 2.39. The quantitative estimate of drug-likeness (QED) is 0.774. The largest absolute Gasteiger partial charge is 0.477 e. The zero-order chi connectivity index (χ0) is 12.4. The Labute approximate surface area is 113 Å². The van der Waals surface area contributed by atoms with Gasteiger partial charge in [-0.1, -0.05) is 30.9 Å². The topological polar surface area (TPSA) is 35.0 Å². The summed E-state index contributed by atoms with van der Waals surface area (Å²) in [6.45, 7) is 0.775. The van der Waals surface area contributed by atoms with Gasteiger partial charge in [0.05, 0.1) is 6.61 Å². The summed E-state index contributed by atoms with van der Waals surface area (Å²) in [7, 11) is 0. The van der Waals surface area contributed by atoms with Crippen molar-refractivity contribution < 1.29 is 4.74 Å².